The van der Waals surface area contributed by atoms with Crippen LogP contribution in [0.3, 0.4) is 0 Å². The first-order chi connectivity index (χ1) is 6.11. The number of fused-ring (bicyclic) bond motifs is 1. The van der Waals surface area contributed by atoms with Crippen LogP contribution in [0.25, 0.3) is 0 Å². The molecule has 0 aliphatic heterocycles. The lowest BCUT2D eigenvalue weighted by molar-refractivity contribution is 0.0790. The van der Waals surface area contributed by atoms with E-state index < -0.39 is 6.10 Å². The van der Waals surface area contributed by atoms with Crippen molar-refractivity contribution in [2.45, 2.75) is 13.0 Å². The maximum absolute atomic E-state index is 11.5. The van der Waals surface area contributed by atoms with E-state index in [-0.39, 0.29) is 11.7 Å². The largest absolute Gasteiger partial charge is 0.388 e. The predicted octanol–water partition coefficient (Wildman–Crippen LogP) is 2.31. The third-order valence-corrected chi connectivity index (χ3v) is 2.98. The molecule has 1 aromatic carbocycles. The minimum Gasteiger partial charge on any atom is -0.388 e. The third-order valence-electron chi connectivity index (χ3n) is 2.48. The van der Waals surface area contributed by atoms with Crippen LogP contribution < -0.4 is 0 Å². The molecule has 0 fully saturated rings. The van der Waals surface area contributed by atoms with E-state index in [4.69, 9.17) is 0 Å². The number of hydrogen-bond acceptors (Lipinski definition) is 2. The summed E-state index contributed by atoms with van der Waals surface area (Å²) in [6.45, 7) is 1.75. The highest BCUT2D eigenvalue weighted by atomic mass is 79.9. The molecule has 68 valence electrons. The van der Waals surface area contributed by atoms with E-state index in [0.717, 1.165) is 10.0 Å². The van der Waals surface area contributed by atoms with E-state index in [1.165, 1.54) is 0 Å². The maximum Gasteiger partial charge on any atom is 0.168 e. The Morgan fingerprint density at radius 3 is 2.85 bits per heavy atom. The highest BCUT2D eigenvalue weighted by Crippen LogP contribution is 2.36. The van der Waals surface area contributed by atoms with Gasteiger partial charge in [0.2, 0.25) is 0 Å². The van der Waals surface area contributed by atoms with Crippen LogP contribution in [-0.4, -0.2) is 10.9 Å². The Bertz CT molecular complexity index is 373. The van der Waals surface area contributed by atoms with E-state index in [9.17, 15) is 9.90 Å². The van der Waals surface area contributed by atoms with Crippen molar-refractivity contribution in [1.82, 2.24) is 0 Å². The van der Waals surface area contributed by atoms with Crippen molar-refractivity contribution in [3.8, 4) is 0 Å². The van der Waals surface area contributed by atoms with Gasteiger partial charge in [0.1, 0.15) is 0 Å². The smallest absolute Gasteiger partial charge is 0.168 e. The van der Waals surface area contributed by atoms with Gasteiger partial charge in [-0.25, -0.2) is 0 Å². The topological polar surface area (TPSA) is 37.3 Å². The van der Waals surface area contributed by atoms with E-state index in [1.54, 1.807) is 19.1 Å². The van der Waals surface area contributed by atoms with Crippen LogP contribution in [0.5, 0.6) is 0 Å². The van der Waals surface area contributed by atoms with Crippen molar-refractivity contribution in [3.05, 3.63) is 33.8 Å². The highest BCUT2D eigenvalue weighted by Gasteiger charge is 2.35. The first kappa shape index (κ1) is 8.91. The Morgan fingerprint density at radius 1 is 1.46 bits per heavy atom. The predicted molar refractivity (Wildman–Crippen MR) is 52.6 cm³/mol. The fraction of sp³-hybridized carbons (Fsp3) is 0.300. The van der Waals surface area contributed by atoms with Gasteiger partial charge in [0.15, 0.2) is 5.78 Å². The number of rotatable bonds is 0. The number of halogens is 1. The summed E-state index contributed by atoms with van der Waals surface area (Å²) < 4.78 is 0.896. The van der Waals surface area contributed by atoms with Gasteiger partial charge in [-0.3, -0.25) is 4.79 Å². The summed E-state index contributed by atoms with van der Waals surface area (Å²) in [6, 6.07) is 5.39. The second kappa shape index (κ2) is 2.93. The highest BCUT2D eigenvalue weighted by molar-refractivity contribution is 9.10. The zero-order valence-corrected chi connectivity index (χ0v) is 8.71. The average molecular weight is 241 g/mol. The number of aliphatic hydroxyl groups is 1. The summed E-state index contributed by atoms with van der Waals surface area (Å²) in [4.78, 5) is 11.5. The molecule has 0 saturated carbocycles. The minimum absolute atomic E-state index is 0.0370. The molecule has 0 heterocycles. The van der Waals surface area contributed by atoms with E-state index >= 15 is 0 Å². The van der Waals surface area contributed by atoms with Gasteiger partial charge in [0.25, 0.3) is 0 Å². The SMILES string of the molecule is CC1C(=O)c2ccc(Br)cc2C1O. The molecule has 0 saturated heterocycles. The normalized spacial score (nSPS) is 26.2. The lowest BCUT2D eigenvalue weighted by atomic mass is 10.1. The van der Waals surface area contributed by atoms with E-state index in [0.29, 0.717) is 5.56 Å². The first-order valence-corrected chi connectivity index (χ1v) is 4.92. The van der Waals surface area contributed by atoms with Gasteiger partial charge in [-0.15, -0.1) is 0 Å². The van der Waals surface area contributed by atoms with Crippen LogP contribution in [0, 0.1) is 5.92 Å². The number of carbonyl (C=O) groups is 1. The second-order valence-electron chi connectivity index (χ2n) is 3.33. The van der Waals surface area contributed by atoms with Gasteiger partial charge in [0.05, 0.1) is 6.10 Å². The maximum atomic E-state index is 11.5. The van der Waals surface area contributed by atoms with Crippen molar-refractivity contribution in [2.24, 2.45) is 5.92 Å². The number of hydrogen-bond donors (Lipinski definition) is 1. The van der Waals surface area contributed by atoms with Crippen molar-refractivity contribution < 1.29 is 9.90 Å². The van der Waals surface area contributed by atoms with Gasteiger partial charge in [0, 0.05) is 16.0 Å². The molecule has 0 aromatic heterocycles. The van der Waals surface area contributed by atoms with Crippen LogP contribution in [0.2, 0.25) is 0 Å². The summed E-state index contributed by atoms with van der Waals surface area (Å²) in [6.07, 6.45) is -0.639. The number of benzene rings is 1. The van der Waals surface area contributed by atoms with E-state index in [1.807, 2.05) is 6.07 Å². The molecule has 3 heteroatoms. The molecule has 2 rings (SSSR count). The van der Waals surface area contributed by atoms with Crippen molar-refractivity contribution >= 4 is 21.7 Å². The summed E-state index contributed by atoms with van der Waals surface area (Å²) in [5.41, 5.74) is 1.40. The average Bonchev–Trinajstić information content (AvgIpc) is 2.32. The fourth-order valence-corrected chi connectivity index (χ4v) is 2.04. The van der Waals surface area contributed by atoms with Crippen LogP contribution in [0.4, 0.5) is 0 Å². The molecule has 0 radical (unpaired) electrons. The monoisotopic (exact) mass is 240 g/mol. The number of Topliss-reactive ketones (excluding diaryl/α,β-unsaturated/α-hetero) is 1. The quantitative estimate of drug-likeness (QED) is 0.756. The Balaban J connectivity index is 2.60. The molecule has 1 aliphatic rings. The lowest BCUT2D eigenvalue weighted by Crippen LogP contribution is -2.08. The minimum atomic E-state index is -0.639. The van der Waals surface area contributed by atoms with Crippen LogP contribution in [0.1, 0.15) is 28.9 Å². The molecule has 0 bridgehead atoms. The van der Waals surface area contributed by atoms with Crippen LogP contribution in [-0.2, 0) is 0 Å². The fourth-order valence-electron chi connectivity index (χ4n) is 1.66. The van der Waals surface area contributed by atoms with Crippen LogP contribution in [0.15, 0.2) is 22.7 Å². The second-order valence-corrected chi connectivity index (χ2v) is 4.25. The molecule has 2 atom stereocenters. The Hall–Kier alpha value is -0.670. The number of aliphatic hydroxyl groups excluding tert-OH is 1. The number of ketones is 1. The summed E-state index contributed by atoms with van der Waals surface area (Å²) in [7, 11) is 0. The van der Waals surface area contributed by atoms with Gasteiger partial charge in [-0.1, -0.05) is 22.9 Å². The van der Waals surface area contributed by atoms with Gasteiger partial charge >= 0.3 is 0 Å². The molecule has 2 nitrogen and oxygen atoms in total. The third kappa shape index (κ3) is 1.23. The molecule has 0 spiro atoms. The molecule has 0 amide bonds. The molecule has 1 N–H and O–H groups in total. The Labute approximate surface area is 84.7 Å². The first-order valence-electron chi connectivity index (χ1n) is 4.13. The van der Waals surface area contributed by atoms with Gasteiger partial charge in [-0.05, 0) is 23.8 Å². The van der Waals surface area contributed by atoms with Gasteiger partial charge < -0.3 is 5.11 Å². The Morgan fingerprint density at radius 2 is 2.15 bits per heavy atom. The molecular formula is C10H9BrO2. The van der Waals surface area contributed by atoms with Crippen molar-refractivity contribution in [1.29, 1.82) is 0 Å². The molecule has 13 heavy (non-hydrogen) atoms. The Kier molecular flexibility index (Phi) is 2.00. The standard InChI is InChI=1S/C10H9BrO2/c1-5-9(12)7-3-2-6(11)4-8(7)10(5)13/h2-5,10,13H,1H3. The van der Waals surface area contributed by atoms with Gasteiger partial charge in [-0.2, -0.15) is 0 Å². The van der Waals surface area contributed by atoms with Crippen molar-refractivity contribution in [3.63, 3.8) is 0 Å². The summed E-state index contributed by atoms with van der Waals surface area (Å²) >= 11 is 3.31. The van der Waals surface area contributed by atoms with E-state index in [2.05, 4.69) is 15.9 Å². The zero-order valence-electron chi connectivity index (χ0n) is 7.12. The molecular weight excluding hydrogens is 232 g/mol. The summed E-state index contributed by atoms with van der Waals surface area (Å²) in [5.74, 6) is -0.265. The van der Waals surface area contributed by atoms with Crippen molar-refractivity contribution in [2.75, 3.05) is 0 Å². The molecule has 1 aromatic rings. The lowest BCUT2D eigenvalue weighted by Gasteiger charge is -2.06. The molecule has 2 unspecified atom stereocenters. The number of carbonyl (C=O) groups excluding carboxylic acids is 1. The molecule has 1 aliphatic carbocycles. The van der Waals surface area contributed by atoms with Crippen LogP contribution >= 0.6 is 15.9 Å². The zero-order chi connectivity index (χ0) is 9.59. The summed E-state index contributed by atoms with van der Waals surface area (Å²) in [5, 5.41) is 9.70.